The topological polar surface area (TPSA) is 122 Å². The maximum absolute atomic E-state index is 12.9. The van der Waals surface area contributed by atoms with Crippen LogP contribution in [0.5, 0.6) is 23.0 Å². The van der Waals surface area contributed by atoms with E-state index in [1.54, 1.807) is 58.8 Å². The summed E-state index contributed by atoms with van der Waals surface area (Å²) >= 11 is 0. The highest BCUT2D eigenvalue weighted by atomic mass is 16.5. The number of amides is 2. The third kappa shape index (κ3) is 4.65. The van der Waals surface area contributed by atoms with Crippen LogP contribution in [-0.4, -0.2) is 57.1 Å². The molecule has 0 radical (unpaired) electrons. The van der Waals surface area contributed by atoms with E-state index in [-0.39, 0.29) is 24.8 Å². The monoisotopic (exact) mass is 496 g/mol. The molecule has 190 valence electrons. The number of carbonyl (C=O) groups is 2. The van der Waals surface area contributed by atoms with E-state index in [4.69, 9.17) is 23.7 Å². The standard InChI is InChI=1S/C25H28N4O7/c1-32-13-17-23(14-6-9-19(34-3)21(10-14)36-5)24-27-25(31)18(29(24)28-17)12-22(30)26-16-8-7-15(33-2)11-20(16)35-4/h6-11,18H,12-13H2,1-5H3,(H,26,30)(H,27,31). The molecule has 0 aliphatic carbocycles. The largest absolute Gasteiger partial charge is 0.497 e. The minimum atomic E-state index is -0.839. The Morgan fingerprint density at radius 1 is 0.972 bits per heavy atom. The number of ether oxygens (including phenoxy) is 5. The third-order valence-electron chi connectivity index (χ3n) is 5.84. The molecule has 0 spiro atoms. The van der Waals surface area contributed by atoms with E-state index < -0.39 is 6.04 Å². The van der Waals surface area contributed by atoms with Crippen LogP contribution < -0.4 is 29.6 Å². The van der Waals surface area contributed by atoms with Crippen molar-refractivity contribution in [2.75, 3.05) is 46.2 Å². The summed E-state index contributed by atoms with van der Waals surface area (Å²) in [6, 6.07) is 9.63. The van der Waals surface area contributed by atoms with Gasteiger partial charge in [-0.05, 0) is 29.8 Å². The van der Waals surface area contributed by atoms with E-state index in [0.717, 1.165) is 5.56 Å². The number of methoxy groups -OCH3 is 5. The molecule has 2 N–H and O–H groups in total. The van der Waals surface area contributed by atoms with Crippen LogP contribution in [0.15, 0.2) is 36.4 Å². The predicted molar refractivity (Wildman–Crippen MR) is 132 cm³/mol. The lowest BCUT2D eigenvalue weighted by atomic mass is 10.0. The molecule has 1 aromatic heterocycles. The Hall–Kier alpha value is -4.25. The van der Waals surface area contributed by atoms with Crippen molar-refractivity contribution in [2.45, 2.75) is 19.1 Å². The second kappa shape index (κ2) is 10.6. The fourth-order valence-corrected chi connectivity index (χ4v) is 4.13. The van der Waals surface area contributed by atoms with Crippen molar-refractivity contribution in [3.8, 4) is 34.1 Å². The second-order valence-electron chi connectivity index (χ2n) is 7.94. The van der Waals surface area contributed by atoms with Crippen molar-refractivity contribution in [3.05, 3.63) is 42.1 Å². The Morgan fingerprint density at radius 3 is 2.39 bits per heavy atom. The maximum Gasteiger partial charge on any atom is 0.251 e. The Kier molecular flexibility index (Phi) is 7.30. The normalized spacial score (nSPS) is 14.1. The molecule has 0 saturated heterocycles. The number of carbonyl (C=O) groups excluding carboxylic acids is 2. The van der Waals surface area contributed by atoms with E-state index in [1.165, 1.54) is 11.8 Å². The van der Waals surface area contributed by atoms with Crippen LogP contribution in [0, 0.1) is 0 Å². The molecule has 0 bridgehead atoms. The molecule has 1 unspecified atom stereocenters. The average Bonchev–Trinajstić information content (AvgIpc) is 3.38. The molecule has 36 heavy (non-hydrogen) atoms. The lowest BCUT2D eigenvalue weighted by Crippen LogP contribution is -2.24. The zero-order valence-corrected chi connectivity index (χ0v) is 20.7. The third-order valence-corrected chi connectivity index (χ3v) is 5.84. The van der Waals surface area contributed by atoms with Gasteiger partial charge in [-0.2, -0.15) is 5.10 Å². The number of fused-ring (bicyclic) bond motifs is 1. The summed E-state index contributed by atoms with van der Waals surface area (Å²) in [7, 11) is 7.71. The van der Waals surface area contributed by atoms with Gasteiger partial charge in [0, 0.05) is 13.2 Å². The van der Waals surface area contributed by atoms with E-state index in [1.807, 2.05) is 6.07 Å². The number of hydrogen-bond donors (Lipinski definition) is 2. The van der Waals surface area contributed by atoms with Gasteiger partial charge in [-0.15, -0.1) is 0 Å². The summed E-state index contributed by atoms with van der Waals surface area (Å²) < 4.78 is 28.2. The first-order chi connectivity index (χ1) is 17.4. The molecule has 11 nitrogen and oxygen atoms in total. The minimum absolute atomic E-state index is 0.131. The highest BCUT2D eigenvalue weighted by Gasteiger charge is 2.37. The number of hydrogen-bond acceptors (Lipinski definition) is 8. The molecule has 1 aliphatic rings. The fraction of sp³-hybridized carbons (Fsp3) is 0.320. The van der Waals surface area contributed by atoms with Crippen molar-refractivity contribution in [3.63, 3.8) is 0 Å². The summed E-state index contributed by atoms with van der Waals surface area (Å²) in [5.41, 5.74) is 2.52. The van der Waals surface area contributed by atoms with Crippen LogP contribution in [0.1, 0.15) is 18.2 Å². The highest BCUT2D eigenvalue weighted by Crippen LogP contribution is 2.41. The van der Waals surface area contributed by atoms with Crippen LogP contribution >= 0.6 is 0 Å². The Morgan fingerprint density at radius 2 is 1.72 bits per heavy atom. The summed E-state index contributed by atoms with van der Waals surface area (Å²) in [6.45, 7) is 0.210. The number of nitrogens with zero attached hydrogens (tertiary/aromatic N) is 2. The van der Waals surface area contributed by atoms with Crippen LogP contribution in [0.4, 0.5) is 11.5 Å². The molecular weight excluding hydrogens is 468 g/mol. The van der Waals surface area contributed by atoms with Crippen LogP contribution in [0.25, 0.3) is 11.1 Å². The molecule has 2 heterocycles. The summed E-state index contributed by atoms with van der Waals surface area (Å²) in [6.07, 6.45) is -0.131. The van der Waals surface area contributed by atoms with Crippen LogP contribution in [0.3, 0.4) is 0 Å². The molecule has 2 aromatic carbocycles. The van der Waals surface area contributed by atoms with E-state index in [9.17, 15) is 9.59 Å². The lowest BCUT2D eigenvalue weighted by Gasteiger charge is -2.13. The molecular formula is C25H28N4O7. The summed E-state index contributed by atoms with van der Waals surface area (Å²) in [5.74, 6) is 1.92. The molecule has 4 rings (SSSR count). The van der Waals surface area contributed by atoms with Gasteiger partial charge in [-0.25, -0.2) is 4.68 Å². The zero-order chi connectivity index (χ0) is 25.8. The first kappa shape index (κ1) is 24.9. The fourth-order valence-electron chi connectivity index (χ4n) is 4.13. The number of nitrogens with one attached hydrogen (secondary N) is 2. The van der Waals surface area contributed by atoms with Crippen molar-refractivity contribution in [1.29, 1.82) is 0 Å². The quantitative estimate of drug-likeness (QED) is 0.439. The van der Waals surface area contributed by atoms with Gasteiger partial charge >= 0.3 is 0 Å². The van der Waals surface area contributed by atoms with Crippen molar-refractivity contribution < 1.29 is 33.3 Å². The second-order valence-corrected chi connectivity index (χ2v) is 7.94. The molecule has 0 saturated carbocycles. The SMILES string of the molecule is COCc1nn2c(c1-c1ccc(OC)c(OC)c1)NC(=O)C2CC(=O)Nc1ccc(OC)cc1OC. The average molecular weight is 497 g/mol. The number of benzene rings is 2. The van der Waals surface area contributed by atoms with Gasteiger partial charge in [0.05, 0.1) is 58.4 Å². The number of anilines is 2. The number of aromatic nitrogens is 2. The van der Waals surface area contributed by atoms with Gasteiger partial charge < -0.3 is 34.3 Å². The molecule has 1 aliphatic heterocycles. The van der Waals surface area contributed by atoms with Gasteiger partial charge in [0.25, 0.3) is 5.91 Å². The van der Waals surface area contributed by atoms with Gasteiger partial charge in [-0.1, -0.05) is 6.07 Å². The Balaban J connectivity index is 1.64. The zero-order valence-electron chi connectivity index (χ0n) is 20.7. The minimum Gasteiger partial charge on any atom is -0.497 e. The molecule has 0 fully saturated rings. The van der Waals surface area contributed by atoms with Gasteiger partial charge in [0.15, 0.2) is 11.5 Å². The predicted octanol–water partition coefficient (Wildman–Crippen LogP) is 3.25. The van der Waals surface area contributed by atoms with Crippen molar-refractivity contribution >= 4 is 23.3 Å². The van der Waals surface area contributed by atoms with E-state index in [2.05, 4.69) is 15.7 Å². The van der Waals surface area contributed by atoms with E-state index >= 15 is 0 Å². The van der Waals surface area contributed by atoms with Crippen LogP contribution in [0.2, 0.25) is 0 Å². The lowest BCUT2D eigenvalue weighted by molar-refractivity contribution is -0.123. The summed E-state index contributed by atoms with van der Waals surface area (Å²) in [4.78, 5) is 25.8. The van der Waals surface area contributed by atoms with Gasteiger partial charge in [0.2, 0.25) is 5.91 Å². The van der Waals surface area contributed by atoms with Gasteiger partial charge in [0.1, 0.15) is 23.4 Å². The van der Waals surface area contributed by atoms with Gasteiger partial charge in [-0.3, -0.25) is 9.59 Å². The molecule has 3 aromatic rings. The van der Waals surface area contributed by atoms with Crippen molar-refractivity contribution in [2.24, 2.45) is 0 Å². The molecule has 2 amide bonds. The first-order valence-corrected chi connectivity index (χ1v) is 11.1. The van der Waals surface area contributed by atoms with Crippen molar-refractivity contribution in [1.82, 2.24) is 9.78 Å². The Labute approximate surface area is 208 Å². The highest BCUT2D eigenvalue weighted by molar-refractivity contribution is 6.04. The maximum atomic E-state index is 12.9. The summed E-state index contributed by atoms with van der Waals surface area (Å²) in [5, 5.41) is 10.3. The van der Waals surface area contributed by atoms with Crippen LogP contribution in [-0.2, 0) is 20.9 Å². The smallest absolute Gasteiger partial charge is 0.251 e. The number of rotatable bonds is 10. The molecule has 1 atom stereocenters. The molecule has 11 heteroatoms. The first-order valence-electron chi connectivity index (χ1n) is 11.1. The Bertz CT molecular complexity index is 1290. The van der Waals surface area contributed by atoms with E-state index in [0.29, 0.717) is 45.8 Å².